The Labute approximate surface area is 236 Å². The Morgan fingerprint density at radius 3 is 0.977 bits per heavy atom. The van der Waals surface area contributed by atoms with Crippen molar-refractivity contribution in [3.63, 3.8) is 0 Å². The number of alkyl halides is 21. The van der Waals surface area contributed by atoms with Crippen LogP contribution >= 0.6 is 33.2 Å². The molecule has 0 amide bonds. The van der Waals surface area contributed by atoms with Gasteiger partial charge in [0.15, 0.2) is 11.7 Å². The zero-order valence-corrected chi connectivity index (χ0v) is 22.2. The van der Waals surface area contributed by atoms with Crippen molar-refractivity contribution >= 4 is 39.2 Å². The Bertz CT molecular complexity index is 1070. The van der Waals surface area contributed by atoms with Gasteiger partial charge in [-0.1, -0.05) is 0 Å². The SMILES string of the molecule is FC(=CC=C(F)C(F)(F)C(F)(F)C(F)(F)C(F)(F)C(F)(F)CC[Si](Cl)(Cl)Cl)C(F)(F)C(F)(F)C(F)(F)C(F)(F)C(F)(F)F. The number of hydrogen-bond donors (Lipinski definition) is 0. The van der Waals surface area contributed by atoms with Crippen molar-refractivity contribution in [2.24, 2.45) is 0 Å². The first-order chi connectivity index (χ1) is 18.3. The van der Waals surface area contributed by atoms with Crippen LogP contribution in [0.1, 0.15) is 6.42 Å². The third-order valence-electron chi connectivity index (χ3n) is 4.88. The van der Waals surface area contributed by atoms with Crippen LogP contribution in [0.4, 0.5) is 101 Å². The summed E-state index contributed by atoms with van der Waals surface area (Å²) < 4.78 is 305. The van der Waals surface area contributed by atoms with Crippen molar-refractivity contribution in [2.75, 3.05) is 0 Å². The highest BCUT2D eigenvalue weighted by Gasteiger charge is 2.88. The second-order valence-electron chi connectivity index (χ2n) is 7.94. The minimum Gasteiger partial charge on any atom is -0.205 e. The highest BCUT2D eigenvalue weighted by Crippen LogP contribution is 2.61. The maximum Gasteiger partial charge on any atom is 0.460 e. The molecule has 27 heteroatoms. The van der Waals surface area contributed by atoms with E-state index in [1.807, 2.05) is 0 Å². The predicted molar refractivity (Wildman–Crippen MR) is 102 cm³/mol. The first-order valence-electron chi connectivity index (χ1n) is 9.53. The van der Waals surface area contributed by atoms with Crippen LogP contribution in [0.5, 0.6) is 0 Å². The van der Waals surface area contributed by atoms with Crippen molar-refractivity contribution in [3.8, 4) is 0 Å². The fourth-order valence-corrected chi connectivity index (χ4v) is 3.76. The van der Waals surface area contributed by atoms with Crippen molar-refractivity contribution < 1.29 is 101 Å². The normalized spacial score (nSPS) is 17.1. The largest absolute Gasteiger partial charge is 0.460 e. The molecule has 0 fully saturated rings. The van der Waals surface area contributed by atoms with Gasteiger partial charge in [0, 0.05) is 6.42 Å². The summed E-state index contributed by atoms with van der Waals surface area (Å²) in [7, 11) is 0. The van der Waals surface area contributed by atoms with Crippen molar-refractivity contribution in [1.82, 2.24) is 0 Å². The lowest BCUT2D eigenvalue weighted by atomic mass is 9.92. The summed E-state index contributed by atoms with van der Waals surface area (Å²) in [6, 6.07) is -6.15. The van der Waals surface area contributed by atoms with Gasteiger partial charge in [0.25, 0.3) is 0 Å². The minimum absolute atomic E-state index is 1.72. The summed E-state index contributed by atoms with van der Waals surface area (Å²) in [4.78, 5) is 0. The molecule has 0 radical (unpaired) electrons. The second-order valence-corrected chi connectivity index (χ2v) is 17.2. The highest BCUT2D eigenvalue weighted by atomic mass is 35.8. The highest BCUT2D eigenvalue weighted by molar-refractivity contribution is 7.64. The Morgan fingerprint density at radius 2 is 0.721 bits per heavy atom. The Kier molecular flexibility index (Phi) is 11.4. The van der Waals surface area contributed by atoms with Gasteiger partial charge in [0.2, 0.25) is 0 Å². The molecule has 0 nitrogen and oxygen atoms in total. The molecule has 0 bridgehead atoms. The van der Waals surface area contributed by atoms with E-state index in [1.165, 1.54) is 0 Å². The molecule has 0 unspecified atom stereocenters. The molecule has 0 heterocycles. The molecule has 43 heavy (non-hydrogen) atoms. The quantitative estimate of drug-likeness (QED) is 0.0758. The molecule has 0 spiro atoms. The van der Waals surface area contributed by atoms with Crippen molar-refractivity contribution in [2.45, 2.75) is 71.9 Å². The Balaban J connectivity index is 6.74. The first kappa shape index (κ1) is 42.0. The molecule has 0 saturated heterocycles. The van der Waals surface area contributed by atoms with Gasteiger partial charge >= 0.3 is 65.5 Å². The number of hydrogen-bond acceptors (Lipinski definition) is 0. The van der Waals surface area contributed by atoms with Crippen molar-refractivity contribution in [1.29, 1.82) is 0 Å². The molecule has 0 N–H and O–H groups in total. The summed E-state index contributed by atoms with van der Waals surface area (Å²) in [6.45, 7) is 0. The molecular weight excluding hydrogens is 764 g/mol. The molecule has 0 aromatic heterocycles. The van der Waals surface area contributed by atoms with E-state index in [4.69, 9.17) is 33.2 Å². The molecule has 0 aliphatic carbocycles. The Hall–Kier alpha value is -1.04. The van der Waals surface area contributed by atoms with E-state index >= 15 is 0 Å². The van der Waals surface area contributed by atoms with Crippen LogP contribution in [0.15, 0.2) is 23.8 Å². The van der Waals surface area contributed by atoms with Gasteiger partial charge in [-0.3, -0.25) is 0 Å². The maximum atomic E-state index is 13.7. The summed E-state index contributed by atoms with van der Waals surface area (Å²) in [5, 5.41) is 0. The average molecular weight is 770 g/mol. The minimum atomic E-state index is -8.32. The van der Waals surface area contributed by atoms with Crippen LogP contribution in [0, 0.1) is 0 Å². The lowest BCUT2D eigenvalue weighted by molar-refractivity contribution is -0.419. The molecule has 0 aromatic rings. The van der Waals surface area contributed by atoms with Gasteiger partial charge in [0.1, 0.15) is 0 Å². The van der Waals surface area contributed by atoms with E-state index in [-0.39, 0.29) is 0 Å². The van der Waals surface area contributed by atoms with Crippen LogP contribution < -0.4 is 0 Å². The summed E-state index contributed by atoms with van der Waals surface area (Å²) in [5.41, 5.74) is 0. The van der Waals surface area contributed by atoms with Gasteiger partial charge in [-0.25, -0.2) is 8.78 Å². The van der Waals surface area contributed by atoms with Gasteiger partial charge in [-0.15, -0.1) is 33.2 Å². The predicted octanol–water partition coefficient (Wildman–Crippen LogP) is 11.0. The standard InChI is InChI=1S/C16H6Cl3F23Si/c17-43(18,19)4-3-7(22,23)10(28,29)13(34,35)11(30,31)8(24,25)5(20)1-2-6(21)9(26,27)12(32,33)14(36,37)15(38,39)16(40,41)42/h1-2H,3-4H2. The molecule has 0 aliphatic heterocycles. The molecular formula is C16H6Cl3F23Si. The van der Waals surface area contributed by atoms with Crippen LogP contribution in [0.3, 0.4) is 0 Å². The lowest BCUT2D eigenvalue weighted by Gasteiger charge is -2.39. The third-order valence-corrected chi connectivity index (χ3v) is 7.40. The van der Waals surface area contributed by atoms with E-state index in [0.29, 0.717) is 0 Å². The van der Waals surface area contributed by atoms with Crippen LogP contribution in [-0.2, 0) is 0 Å². The van der Waals surface area contributed by atoms with E-state index < -0.39 is 102 Å². The second kappa shape index (κ2) is 11.6. The zero-order valence-electron chi connectivity index (χ0n) is 18.9. The lowest BCUT2D eigenvalue weighted by Crippen LogP contribution is -2.67. The molecule has 0 rings (SSSR count). The third kappa shape index (κ3) is 6.89. The van der Waals surface area contributed by atoms with Gasteiger partial charge in [-0.2, -0.15) is 92.2 Å². The Morgan fingerprint density at radius 1 is 0.442 bits per heavy atom. The average Bonchev–Trinajstić information content (AvgIpc) is 2.78. The van der Waals surface area contributed by atoms with Crippen LogP contribution in [0.25, 0.3) is 0 Å². The fraction of sp³-hybridized carbons (Fsp3) is 0.750. The topological polar surface area (TPSA) is 0 Å². The van der Waals surface area contributed by atoms with Crippen LogP contribution in [0.2, 0.25) is 6.04 Å². The molecule has 0 aliphatic rings. The smallest absolute Gasteiger partial charge is 0.205 e. The van der Waals surface area contributed by atoms with Gasteiger partial charge in [0.05, 0.1) is 0 Å². The summed E-state index contributed by atoms with van der Waals surface area (Å²) in [6.07, 6.45) is -14.7. The van der Waals surface area contributed by atoms with Crippen LogP contribution in [-0.4, -0.2) is 65.5 Å². The van der Waals surface area contributed by atoms with E-state index in [9.17, 15) is 101 Å². The van der Waals surface area contributed by atoms with Crippen molar-refractivity contribution in [3.05, 3.63) is 23.8 Å². The molecule has 0 atom stereocenters. The monoisotopic (exact) mass is 768 g/mol. The van der Waals surface area contributed by atoms with E-state index in [2.05, 4.69) is 0 Å². The zero-order chi connectivity index (χ0) is 35.5. The van der Waals surface area contributed by atoms with Gasteiger partial charge < -0.3 is 0 Å². The first-order valence-corrected chi connectivity index (χ1v) is 14.8. The van der Waals surface area contributed by atoms with E-state index in [0.717, 1.165) is 0 Å². The van der Waals surface area contributed by atoms with E-state index in [1.54, 1.807) is 0 Å². The molecule has 0 saturated carbocycles. The maximum absolute atomic E-state index is 13.7. The number of halogens is 26. The number of rotatable bonds is 13. The van der Waals surface area contributed by atoms with Gasteiger partial charge in [-0.05, 0) is 18.2 Å². The molecule has 256 valence electrons. The molecule has 0 aromatic carbocycles. The summed E-state index contributed by atoms with van der Waals surface area (Å²) >= 11 is 15.0. The summed E-state index contributed by atoms with van der Waals surface area (Å²) in [5.74, 6) is -79.5. The number of allylic oxidation sites excluding steroid dienone is 4. The fourth-order valence-electron chi connectivity index (χ4n) is 2.31.